The van der Waals surface area contributed by atoms with E-state index < -0.39 is 10.8 Å². The summed E-state index contributed by atoms with van der Waals surface area (Å²) in [7, 11) is -0.794. The summed E-state index contributed by atoms with van der Waals surface area (Å²) >= 11 is 1.78. The van der Waals surface area contributed by atoms with Gasteiger partial charge in [0.15, 0.2) is 0 Å². The molecule has 0 aliphatic carbocycles. The van der Waals surface area contributed by atoms with Gasteiger partial charge in [0.25, 0.3) is 0 Å². The van der Waals surface area contributed by atoms with Gasteiger partial charge in [0.2, 0.25) is 0 Å². The first-order valence-electron chi connectivity index (χ1n) is 8.50. The van der Waals surface area contributed by atoms with Crippen LogP contribution in [0.4, 0.5) is 0 Å². The van der Waals surface area contributed by atoms with Crippen molar-refractivity contribution in [3.05, 3.63) is 35.9 Å². The van der Waals surface area contributed by atoms with E-state index in [1.807, 2.05) is 25.1 Å². The summed E-state index contributed by atoms with van der Waals surface area (Å²) in [5.74, 6) is 1.69. The van der Waals surface area contributed by atoms with Crippen LogP contribution in [0.2, 0.25) is 0 Å². The van der Waals surface area contributed by atoms with E-state index in [1.165, 1.54) is 5.56 Å². The van der Waals surface area contributed by atoms with Crippen LogP contribution in [0.25, 0.3) is 0 Å². The Morgan fingerprint density at radius 3 is 2.83 bits per heavy atom. The number of hydrogen-bond acceptors (Lipinski definition) is 4. The highest BCUT2D eigenvalue weighted by Gasteiger charge is 2.31. The summed E-state index contributed by atoms with van der Waals surface area (Å²) in [5, 5.41) is 0. The van der Waals surface area contributed by atoms with Crippen molar-refractivity contribution >= 4 is 22.6 Å². The minimum atomic E-state index is -0.794. The monoisotopic (exact) mass is 356 g/mol. The lowest BCUT2D eigenvalue weighted by Crippen LogP contribution is -2.39. The van der Waals surface area contributed by atoms with Crippen molar-refractivity contribution in [2.45, 2.75) is 56.5 Å². The van der Waals surface area contributed by atoms with Crippen molar-refractivity contribution in [3.63, 3.8) is 0 Å². The second kappa shape index (κ2) is 10.5. The Balaban J connectivity index is 1.92. The molecule has 4 atom stereocenters. The minimum Gasteiger partial charge on any atom is -0.375 e. The lowest BCUT2D eigenvalue weighted by atomic mass is 10.0. The standard InChI is InChI=1S/C18H28O3S2/c1-3-22-18(23(19)4-2)13-17-16(11-8-12-20-17)21-14-15-9-6-5-7-10-15/h5-7,9-10,16-18H,3-4,8,11-14H2,1-2H3/t16-,17+,18?,23?/m1/s1. The van der Waals surface area contributed by atoms with Gasteiger partial charge in [0, 0.05) is 23.2 Å². The van der Waals surface area contributed by atoms with Crippen LogP contribution in [-0.4, -0.2) is 39.1 Å². The lowest BCUT2D eigenvalue weighted by molar-refractivity contribution is -0.112. The summed E-state index contributed by atoms with van der Waals surface area (Å²) in [5.41, 5.74) is 1.19. The van der Waals surface area contributed by atoms with Crippen LogP contribution in [0.3, 0.4) is 0 Å². The van der Waals surface area contributed by atoms with E-state index in [1.54, 1.807) is 11.8 Å². The average Bonchev–Trinajstić information content (AvgIpc) is 2.60. The number of ether oxygens (including phenoxy) is 2. The molecule has 23 heavy (non-hydrogen) atoms. The van der Waals surface area contributed by atoms with Gasteiger partial charge in [-0.25, -0.2) is 0 Å². The Hall–Kier alpha value is -0.360. The van der Waals surface area contributed by atoms with Crippen LogP contribution >= 0.6 is 11.8 Å². The minimum absolute atomic E-state index is 0.0620. The van der Waals surface area contributed by atoms with Crippen LogP contribution in [0, 0.1) is 0 Å². The van der Waals surface area contributed by atoms with Crippen molar-refractivity contribution in [1.82, 2.24) is 0 Å². The van der Waals surface area contributed by atoms with Gasteiger partial charge in [-0.3, -0.25) is 4.21 Å². The highest BCUT2D eigenvalue weighted by Crippen LogP contribution is 2.28. The smallest absolute Gasteiger partial charge is 0.0856 e. The Morgan fingerprint density at radius 2 is 2.13 bits per heavy atom. The van der Waals surface area contributed by atoms with Gasteiger partial charge in [-0.15, -0.1) is 11.8 Å². The molecule has 0 spiro atoms. The molecule has 0 amide bonds. The molecule has 1 aliphatic rings. The maximum absolute atomic E-state index is 12.3. The summed E-state index contributed by atoms with van der Waals surface area (Å²) in [6.45, 7) is 5.52. The molecule has 1 aromatic carbocycles. The van der Waals surface area contributed by atoms with Crippen molar-refractivity contribution in [2.75, 3.05) is 18.1 Å². The summed E-state index contributed by atoms with van der Waals surface area (Å²) < 4.78 is 24.5. The third kappa shape index (κ3) is 6.22. The Kier molecular flexibility index (Phi) is 8.66. The van der Waals surface area contributed by atoms with Crippen molar-refractivity contribution in [1.29, 1.82) is 0 Å². The van der Waals surface area contributed by atoms with Crippen molar-refractivity contribution < 1.29 is 13.7 Å². The average molecular weight is 357 g/mol. The van der Waals surface area contributed by atoms with Gasteiger partial charge in [-0.1, -0.05) is 44.2 Å². The largest absolute Gasteiger partial charge is 0.375 e. The van der Waals surface area contributed by atoms with Crippen LogP contribution in [0.5, 0.6) is 0 Å². The molecular formula is C18H28O3S2. The fourth-order valence-electron chi connectivity index (χ4n) is 2.81. The maximum Gasteiger partial charge on any atom is 0.0856 e. The zero-order valence-corrected chi connectivity index (χ0v) is 15.7. The predicted molar refractivity (Wildman–Crippen MR) is 99.2 cm³/mol. The van der Waals surface area contributed by atoms with Crippen LogP contribution in [0.1, 0.15) is 38.7 Å². The van der Waals surface area contributed by atoms with E-state index in [4.69, 9.17) is 9.47 Å². The number of hydrogen-bond donors (Lipinski definition) is 0. The van der Waals surface area contributed by atoms with Gasteiger partial charge in [-0.05, 0) is 30.6 Å². The first-order chi connectivity index (χ1) is 11.2. The predicted octanol–water partition coefficient (Wildman–Crippen LogP) is 3.99. The Bertz CT molecular complexity index is 467. The Morgan fingerprint density at radius 1 is 1.35 bits per heavy atom. The molecule has 1 heterocycles. The molecule has 0 saturated carbocycles. The molecule has 1 fully saturated rings. The van der Waals surface area contributed by atoms with E-state index in [9.17, 15) is 4.21 Å². The molecule has 1 saturated heterocycles. The van der Waals surface area contributed by atoms with Crippen LogP contribution in [-0.2, 0) is 26.9 Å². The van der Waals surface area contributed by atoms with E-state index >= 15 is 0 Å². The molecule has 0 radical (unpaired) electrons. The maximum atomic E-state index is 12.3. The fraction of sp³-hybridized carbons (Fsp3) is 0.667. The second-order valence-electron chi connectivity index (χ2n) is 5.68. The lowest BCUT2D eigenvalue weighted by Gasteiger charge is -2.33. The number of thioether (sulfide) groups is 1. The first-order valence-corrected chi connectivity index (χ1v) is 10.9. The summed E-state index contributed by atoms with van der Waals surface area (Å²) in [6.07, 6.45) is 3.06. The first kappa shape index (κ1) is 19.0. The molecule has 2 unspecified atom stereocenters. The van der Waals surface area contributed by atoms with Gasteiger partial charge < -0.3 is 9.47 Å². The second-order valence-corrected chi connectivity index (χ2v) is 9.36. The summed E-state index contributed by atoms with van der Waals surface area (Å²) in [6, 6.07) is 10.3. The molecule has 3 nitrogen and oxygen atoms in total. The third-order valence-corrected chi connectivity index (χ3v) is 7.34. The van der Waals surface area contributed by atoms with Crippen LogP contribution in [0.15, 0.2) is 30.3 Å². The molecular weight excluding hydrogens is 328 g/mol. The number of benzene rings is 1. The zero-order valence-electron chi connectivity index (χ0n) is 14.1. The van der Waals surface area contributed by atoms with Gasteiger partial charge in [0.05, 0.1) is 23.4 Å². The van der Waals surface area contributed by atoms with Gasteiger partial charge >= 0.3 is 0 Å². The molecule has 0 N–H and O–H groups in total. The molecule has 1 aromatic rings. The van der Waals surface area contributed by atoms with Gasteiger partial charge in [-0.2, -0.15) is 0 Å². The quantitative estimate of drug-likeness (QED) is 0.670. The number of rotatable bonds is 9. The zero-order chi connectivity index (χ0) is 16.5. The summed E-state index contributed by atoms with van der Waals surface area (Å²) in [4.78, 5) is 0. The third-order valence-electron chi connectivity index (χ3n) is 4.04. The van der Waals surface area contributed by atoms with E-state index in [0.717, 1.165) is 31.6 Å². The Labute approximate surface area is 147 Å². The van der Waals surface area contributed by atoms with E-state index in [2.05, 4.69) is 19.1 Å². The molecule has 0 aromatic heterocycles. The SMILES string of the molecule is CCSC(C[C@@H]1OCCC[C@H]1OCc1ccccc1)S(=O)CC. The molecule has 0 bridgehead atoms. The van der Waals surface area contributed by atoms with Crippen molar-refractivity contribution in [2.24, 2.45) is 0 Å². The van der Waals surface area contributed by atoms with Crippen LogP contribution < -0.4 is 0 Å². The van der Waals surface area contributed by atoms with E-state index in [-0.39, 0.29) is 16.8 Å². The van der Waals surface area contributed by atoms with E-state index in [0.29, 0.717) is 12.4 Å². The highest BCUT2D eigenvalue weighted by atomic mass is 32.2. The highest BCUT2D eigenvalue weighted by molar-refractivity contribution is 8.11. The van der Waals surface area contributed by atoms with Gasteiger partial charge in [0.1, 0.15) is 0 Å². The fourth-order valence-corrected chi connectivity index (χ4v) is 5.71. The normalized spacial score (nSPS) is 24.3. The molecule has 130 valence electrons. The topological polar surface area (TPSA) is 35.5 Å². The molecule has 2 rings (SSSR count). The van der Waals surface area contributed by atoms with Crippen molar-refractivity contribution in [3.8, 4) is 0 Å². The molecule has 5 heteroatoms. The molecule has 1 aliphatic heterocycles.